The lowest BCUT2D eigenvalue weighted by atomic mass is 9.92. The molecule has 1 rings (SSSR count). The maximum Gasteiger partial charge on any atom is 0.312 e. The minimum atomic E-state index is -1.04. The second-order valence-electron chi connectivity index (χ2n) is 4.32. The standard InChI is InChI=1S/C10H17NO3/c1-7-3-8(2)6-11(5-7)9(12)4-10(13)14/h7-8H,3-6H2,1-2H3,(H,13,14). The van der Waals surface area contributed by atoms with E-state index in [-0.39, 0.29) is 12.3 Å². The van der Waals surface area contributed by atoms with Crippen molar-refractivity contribution in [2.75, 3.05) is 13.1 Å². The van der Waals surface area contributed by atoms with Gasteiger partial charge in [-0.3, -0.25) is 9.59 Å². The van der Waals surface area contributed by atoms with E-state index in [0.29, 0.717) is 24.9 Å². The molecule has 2 unspecified atom stereocenters. The van der Waals surface area contributed by atoms with Gasteiger partial charge in [0.1, 0.15) is 6.42 Å². The van der Waals surface area contributed by atoms with Gasteiger partial charge in [0.15, 0.2) is 0 Å². The Morgan fingerprint density at radius 3 is 2.21 bits per heavy atom. The topological polar surface area (TPSA) is 57.6 Å². The van der Waals surface area contributed by atoms with Gasteiger partial charge in [0.2, 0.25) is 5.91 Å². The number of piperidine rings is 1. The van der Waals surface area contributed by atoms with Crippen molar-refractivity contribution in [1.29, 1.82) is 0 Å². The van der Waals surface area contributed by atoms with Crippen molar-refractivity contribution in [1.82, 2.24) is 4.90 Å². The fourth-order valence-electron chi connectivity index (χ4n) is 2.11. The first-order valence-electron chi connectivity index (χ1n) is 4.98. The van der Waals surface area contributed by atoms with Crippen LogP contribution in [0.2, 0.25) is 0 Å². The second-order valence-corrected chi connectivity index (χ2v) is 4.32. The summed E-state index contributed by atoms with van der Waals surface area (Å²) in [6, 6.07) is 0. The number of carboxylic acids is 1. The van der Waals surface area contributed by atoms with E-state index in [1.807, 2.05) is 0 Å². The van der Waals surface area contributed by atoms with Crippen LogP contribution >= 0.6 is 0 Å². The molecule has 0 bridgehead atoms. The molecular weight excluding hydrogens is 182 g/mol. The first kappa shape index (κ1) is 11.0. The smallest absolute Gasteiger partial charge is 0.312 e. The average Bonchev–Trinajstić information content (AvgIpc) is 2.00. The first-order chi connectivity index (χ1) is 6.49. The Bertz CT molecular complexity index is 230. The number of carboxylic acid groups (broad SMARTS) is 1. The Hall–Kier alpha value is -1.06. The maximum absolute atomic E-state index is 11.4. The van der Waals surface area contributed by atoms with Gasteiger partial charge in [-0.15, -0.1) is 0 Å². The largest absolute Gasteiger partial charge is 0.481 e. The third-order valence-corrected chi connectivity index (χ3v) is 2.52. The van der Waals surface area contributed by atoms with Crippen molar-refractivity contribution in [3.8, 4) is 0 Å². The SMILES string of the molecule is CC1CC(C)CN(C(=O)CC(=O)O)C1. The second kappa shape index (κ2) is 4.44. The molecule has 1 amide bonds. The molecule has 0 spiro atoms. The number of carbonyl (C=O) groups is 2. The number of nitrogens with zero attached hydrogens (tertiary/aromatic N) is 1. The lowest BCUT2D eigenvalue weighted by Gasteiger charge is -2.34. The fraction of sp³-hybridized carbons (Fsp3) is 0.800. The summed E-state index contributed by atoms with van der Waals surface area (Å²) in [5.41, 5.74) is 0. The molecule has 4 nitrogen and oxygen atoms in total. The normalized spacial score (nSPS) is 27.4. The van der Waals surface area contributed by atoms with Crippen molar-refractivity contribution in [3.05, 3.63) is 0 Å². The summed E-state index contributed by atoms with van der Waals surface area (Å²) < 4.78 is 0. The number of amides is 1. The van der Waals surface area contributed by atoms with Gasteiger partial charge < -0.3 is 10.0 Å². The van der Waals surface area contributed by atoms with Gasteiger partial charge in [0, 0.05) is 13.1 Å². The number of hydrogen-bond acceptors (Lipinski definition) is 2. The van der Waals surface area contributed by atoms with Crippen LogP contribution in [0.15, 0.2) is 0 Å². The molecule has 0 aromatic carbocycles. The molecule has 0 aliphatic carbocycles. The number of rotatable bonds is 2. The van der Waals surface area contributed by atoms with Gasteiger partial charge in [-0.2, -0.15) is 0 Å². The number of likely N-dealkylation sites (tertiary alicyclic amines) is 1. The molecule has 14 heavy (non-hydrogen) atoms. The summed E-state index contributed by atoms with van der Waals surface area (Å²) in [6.07, 6.45) is 0.746. The molecule has 0 aromatic heterocycles. The Morgan fingerprint density at radius 1 is 1.29 bits per heavy atom. The van der Waals surface area contributed by atoms with Crippen LogP contribution in [0.25, 0.3) is 0 Å². The highest BCUT2D eigenvalue weighted by atomic mass is 16.4. The third-order valence-electron chi connectivity index (χ3n) is 2.52. The van der Waals surface area contributed by atoms with Crippen LogP contribution < -0.4 is 0 Å². The maximum atomic E-state index is 11.4. The molecule has 1 aliphatic heterocycles. The lowest BCUT2D eigenvalue weighted by molar-refractivity contribution is -0.145. The Morgan fingerprint density at radius 2 is 1.79 bits per heavy atom. The van der Waals surface area contributed by atoms with Crippen LogP contribution in [0.3, 0.4) is 0 Å². The summed E-state index contributed by atoms with van der Waals surface area (Å²) in [5.74, 6) is -0.329. The highest BCUT2D eigenvalue weighted by molar-refractivity contribution is 5.93. The Labute approximate surface area is 83.9 Å². The zero-order chi connectivity index (χ0) is 10.7. The van der Waals surface area contributed by atoms with Gasteiger partial charge in [-0.1, -0.05) is 13.8 Å². The molecule has 1 N–H and O–H groups in total. The van der Waals surface area contributed by atoms with E-state index in [1.54, 1.807) is 4.90 Å². The predicted molar refractivity (Wildman–Crippen MR) is 51.8 cm³/mol. The van der Waals surface area contributed by atoms with Crippen molar-refractivity contribution in [2.45, 2.75) is 26.7 Å². The first-order valence-corrected chi connectivity index (χ1v) is 4.98. The molecule has 1 saturated heterocycles. The quantitative estimate of drug-likeness (QED) is 0.674. The highest BCUT2D eigenvalue weighted by Crippen LogP contribution is 2.21. The van der Waals surface area contributed by atoms with Crippen LogP contribution in [-0.2, 0) is 9.59 Å². The lowest BCUT2D eigenvalue weighted by Crippen LogP contribution is -2.43. The van der Waals surface area contributed by atoms with Crippen molar-refractivity contribution in [3.63, 3.8) is 0 Å². The van der Waals surface area contributed by atoms with E-state index in [1.165, 1.54) is 0 Å². The summed E-state index contributed by atoms with van der Waals surface area (Å²) in [4.78, 5) is 23.5. The molecule has 1 fully saturated rings. The van der Waals surface area contributed by atoms with E-state index in [2.05, 4.69) is 13.8 Å². The Kier molecular flexibility index (Phi) is 3.49. The van der Waals surface area contributed by atoms with Crippen LogP contribution in [-0.4, -0.2) is 35.0 Å². The van der Waals surface area contributed by atoms with Gasteiger partial charge in [-0.25, -0.2) is 0 Å². The highest BCUT2D eigenvalue weighted by Gasteiger charge is 2.26. The number of carbonyl (C=O) groups excluding carboxylic acids is 1. The summed E-state index contributed by atoms with van der Waals surface area (Å²) in [5, 5.41) is 8.50. The molecular formula is C10H17NO3. The minimum Gasteiger partial charge on any atom is -0.481 e. The molecule has 0 aromatic rings. The molecule has 80 valence electrons. The summed E-state index contributed by atoms with van der Waals surface area (Å²) in [7, 11) is 0. The van der Waals surface area contributed by atoms with Crippen molar-refractivity contribution >= 4 is 11.9 Å². The van der Waals surface area contributed by atoms with E-state index in [4.69, 9.17) is 5.11 Å². The van der Waals surface area contributed by atoms with Gasteiger partial charge in [0.25, 0.3) is 0 Å². The van der Waals surface area contributed by atoms with E-state index >= 15 is 0 Å². The Balaban J connectivity index is 2.50. The molecule has 1 heterocycles. The number of hydrogen-bond donors (Lipinski definition) is 1. The van der Waals surface area contributed by atoms with E-state index < -0.39 is 5.97 Å². The zero-order valence-corrected chi connectivity index (χ0v) is 8.69. The predicted octanol–water partition coefficient (Wildman–Crippen LogP) is 0.966. The fourth-order valence-corrected chi connectivity index (χ4v) is 2.11. The van der Waals surface area contributed by atoms with E-state index in [0.717, 1.165) is 6.42 Å². The van der Waals surface area contributed by atoms with Crippen molar-refractivity contribution in [2.24, 2.45) is 11.8 Å². The van der Waals surface area contributed by atoms with Crippen LogP contribution in [0.4, 0.5) is 0 Å². The minimum absolute atomic E-state index is 0.254. The summed E-state index contributed by atoms with van der Waals surface area (Å²) in [6.45, 7) is 5.60. The molecule has 1 aliphatic rings. The zero-order valence-electron chi connectivity index (χ0n) is 8.69. The molecule has 2 atom stereocenters. The monoisotopic (exact) mass is 199 g/mol. The van der Waals surface area contributed by atoms with Crippen LogP contribution in [0.1, 0.15) is 26.7 Å². The van der Waals surface area contributed by atoms with E-state index in [9.17, 15) is 9.59 Å². The molecule has 4 heteroatoms. The van der Waals surface area contributed by atoms with Gasteiger partial charge in [0.05, 0.1) is 0 Å². The molecule has 0 radical (unpaired) electrons. The molecule has 0 saturated carbocycles. The van der Waals surface area contributed by atoms with Crippen molar-refractivity contribution < 1.29 is 14.7 Å². The number of aliphatic carboxylic acids is 1. The van der Waals surface area contributed by atoms with Gasteiger partial charge >= 0.3 is 5.97 Å². The van der Waals surface area contributed by atoms with Crippen LogP contribution in [0.5, 0.6) is 0 Å². The third kappa shape index (κ3) is 3.01. The van der Waals surface area contributed by atoms with Crippen LogP contribution in [0, 0.1) is 11.8 Å². The van der Waals surface area contributed by atoms with Gasteiger partial charge in [-0.05, 0) is 18.3 Å². The summed E-state index contributed by atoms with van der Waals surface area (Å²) >= 11 is 0. The average molecular weight is 199 g/mol.